The van der Waals surface area contributed by atoms with E-state index in [9.17, 15) is 9.59 Å². The molecule has 0 heterocycles. The summed E-state index contributed by atoms with van der Waals surface area (Å²) in [4.78, 5) is 24.1. The molecule has 0 saturated heterocycles. The molecule has 0 unspecified atom stereocenters. The molecule has 130 valence electrons. The lowest BCUT2D eigenvalue weighted by atomic mass is 10.1. The SMILES string of the molecule is Cc1ccc(C(=O)Oc2ccc(OC(=O)c3ccc(N)cc3)cc2)cc1. The molecule has 5 heteroatoms. The highest BCUT2D eigenvalue weighted by Crippen LogP contribution is 2.20. The van der Waals surface area contributed by atoms with Crippen LogP contribution in [0.3, 0.4) is 0 Å². The fourth-order valence-electron chi connectivity index (χ4n) is 2.22. The van der Waals surface area contributed by atoms with Gasteiger partial charge in [-0.1, -0.05) is 17.7 Å². The smallest absolute Gasteiger partial charge is 0.343 e. The molecule has 0 radical (unpaired) electrons. The van der Waals surface area contributed by atoms with Crippen LogP contribution in [0.15, 0.2) is 72.8 Å². The Morgan fingerprint density at radius 3 is 1.46 bits per heavy atom. The summed E-state index contributed by atoms with van der Waals surface area (Å²) in [5.74, 6) is -0.226. The Bertz CT molecular complexity index is 835. The average Bonchev–Trinajstić information content (AvgIpc) is 2.64. The third-order valence-electron chi connectivity index (χ3n) is 3.68. The number of hydrogen-bond donors (Lipinski definition) is 1. The lowest BCUT2D eigenvalue weighted by Gasteiger charge is -2.07. The molecule has 0 spiro atoms. The second-order valence-electron chi connectivity index (χ2n) is 5.74. The second kappa shape index (κ2) is 7.53. The van der Waals surface area contributed by atoms with Gasteiger partial charge in [-0.05, 0) is 67.6 Å². The van der Waals surface area contributed by atoms with Crippen LogP contribution in [0.1, 0.15) is 26.3 Å². The van der Waals surface area contributed by atoms with Crippen molar-refractivity contribution in [1.82, 2.24) is 0 Å². The summed E-state index contributed by atoms with van der Waals surface area (Å²) in [6.45, 7) is 1.94. The zero-order valence-corrected chi connectivity index (χ0v) is 14.1. The summed E-state index contributed by atoms with van der Waals surface area (Å²) in [6.07, 6.45) is 0. The minimum Gasteiger partial charge on any atom is -0.423 e. The lowest BCUT2D eigenvalue weighted by molar-refractivity contribution is 0.0719. The first-order valence-electron chi connectivity index (χ1n) is 7.98. The zero-order chi connectivity index (χ0) is 18.5. The van der Waals surface area contributed by atoms with E-state index in [2.05, 4.69) is 0 Å². The lowest BCUT2D eigenvalue weighted by Crippen LogP contribution is -2.09. The number of nitrogens with two attached hydrogens (primary N) is 1. The number of aryl methyl sites for hydroxylation is 1. The van der Waals surface area contributed by atoms with E-state index in [4.69, 9.17) is 15.2 Å². The van der Waals surface area contributed by atoms with E-state index in [1.165, 1.54) is 0 Å². The fourth-order valence-corrected chi connectivity index (χ4v) is 2.22. The molecule has 0 aromatic heterocycles. The van der Waals surface area contributed by atoms with Gasteiger partial charge in [-0.3, -0.25) is 0 Å². The van der Waals surface area contributed by atoms with Gasteiger partial charge < -0.3 is 15.2 Å². The molecular formula is C21H17NO4. The first kappa shape index (κ1) is 17.2. The Kier molecular flexibility index (Phi) is 4.99. The van der Waals surface area contributed by atoms with Crippen LogP contribution < -0.4 is 15.2 Å². The Morgan fingerprint density at radius 2 is 1.04 bits per heavy atom. The number of rotatable bonds is 4. The van der Waals surface area contributed by atoms with Gasteiger partial charge in [-0.2, -0.15) is 0 Å². The van der Waals surface area contributed by atoms with Crippen molar-refractivity contribution in [2.75, 3.05) is 5.73 Å². The number of carbonyl (C=O) groups is 2. The van der Waals surface area contributed by atoms with Gasteiger partial charge in [0.05, 0.1) is 11.1 Å². The Labute approximate surface area is 151 Å². The third kappa shape index (κ3) is 4.27. The number of esters is 2. The van der Waals surface area contributed by atoms with E-state index >= 15 is 0 Å². The first-order valence-corrected chi connectivity index (χ1v) is 7.98. The van der Waals surface area contributed by atoms with Crippen molar-refractivity contribution in [1.29, 1.82) is 0 Å². The Balaban J connectivity index is 1.62. The van der Waals surface area contributed by atoms with E-state index < -0.39 is 11.9 Å². The topological polar surface area (TPSA) is 78.6 Å². The maximum Gasteiger partial charge on any atom is 0.343 e. The average molecular weight is 347 g/mol. The molecule has 0 saturated carbocycles. The molecule has 0 bridgehead atoms. The summed E-state index contributed by atoms with van der Waals surface area (Å²) in [7, 11) is 0. The number of anilines is 1. The van der Waals surface area contributed by atoms with Gasteiger partial charge in [-0.15, -0.1) is 0 Å². The normalized spacial score (nSPS) is 10.2. The van der Waals surface area contributed by atoms with Crippen LogP contribution in [0, 0.1) is 6.92 Å². The van der Waals surface area contributed by atoms with Crippen LogP contribution in [0.2, 0.25) is 0 Å². The maximum absolute atomic E-state index is 12.1. The van der Waals surface area contributed by atoms with Crippen molar-refractivity contribution in [2.24, 2.45) is 0 Å². The van der Waals surface area contributed by atoms with Gasteiger partial charge in [0.1, 0.15) is 11.5 Å². The van der Waals surface area contributed by atoms with Crippen molar-refractivity contribution in [3.05, 3.63) is 89.5 Å². The number of carbonyl (C=O) groups excluding carboxylic acids is 2. The second-order valence-corrected chi connectivity index (χ2v) is 5.74. The van der Waals surface area contributed by atoms with Gasteiger partial charge in [0.15, 0.2) is 0 Å². The minimum absolute atomic E-state index is 0.349. The molecule has 0 amide bonds. The summed E-state index contributed by atoms with van der Waals surface area (Å²) < 4.78 is 10.6. The van der Waals surface area contributed by atoms with E-state index in [-0.39, 0.29) is 0 Å². The molecule has 3 aromatic rings. The molecule has 3 rings (SSSR count). The van der Waals surface area contributed by atoms with Gasteiger partial charge in [0, 0.05) is 5.69 Å². The van der Waals surface area contributed by atoms with Crippen LogP contribution in [0.5, 0.6) is 11.5 Å². The van der Waals surface area contributed by atoms with Crippen LogP contribution in [-0.2, 0) is 0 Å². The quantitative estimate of drug-likeness (QED) is 0.438. The minimum atomic E-state index is -0.491. The molecule has 0 fully saturated rings. The number of hydrogen-bond acceptors (Lipinski definition) is 5. The van der Waals surface area contributed by atoms with Gasteiger partial charge in [-0.25, -0.2) is 9.59 Å². The van der Waals surface area contributed by atoms with Crippen LogP contribution in [-0.4, -0.2) is 11.9 Å². The highest BCUT2D eigenvalue weighted by Gasteiger charge is 2.10. The third-order valence-corrected chi connectivity index (χ3v) is 3.68. The van der Waals surface area contributed by atoms with E-state index in [0.29, 0.717) is 28.3 Å². The fraction of sp³-hybridized carbons (Fsp3) is 0.0476. The summed E-state index contributed by atoms with van der Waals surface area (Å²) in [6, 6.07) is 19.8. The largest absolute Gasteiger partial charge is 0.423 e. The van der Waals surface area contributed by atoms with Crippen LogP contribution in [0.4, 0.5) is 5.69 Å². The van der Waals surface area contributed by atoms with E-state index in [0.717, 1.165) is 5.56 Å². The predicted octanol–water partition coefficient (Wildman–Crippen LogP) is 4.02. The zero-order valence-electron chi connectivity index (χ0n) is 14.1. The summed E-state index contributed by atoms with van der Waals surface area (Å²) in [5, 5.41) is 0. The number of nitrogen functional groups attached to an aromatic ring is 1. The van der Waals surface area contributed by atoms with Crippen molar-refractivity contribution in [2.45, 2.75) is 6.92 Å². The monoisotopic (exact) mass is 347 g/mol. The van der Waals surface area contributed by atoms with Crippen molar-refractivity contribution >= 4 is 17.6 Å². The number of benzene rings is 3. The highest BCUT2D eigenvalue weighted by atomic mass is 16.5. The summed E-state index contributed by atoms with van der Waals surface area (Å²) in [5.41, 5.74) is 8.09. The summed E-state index contributed by atoms with van der Waals surface area (Å²) >= 11 is 0. The number of ether oxygens (including phenoxy) is 2. The molecule has 5 nitrogen and oxygen atoms in total. The molecule has 0 aliphatic heterocycles. The standard InChI is InChI=1S/C21H17NO4/c1-14-2-4-15(5-3-14)20(23)25-18-10-12-19(13-11-18)26-21(24)16-6-8-17(22)9-7-16/h2-13H,22H2,1H3. The van der Waals surface area contributed by atoms with Crippen LogP contribution >= 0.6 is 0 Å². The molecule has 2 N–H and O–H groups in total. The van der Waals surface area contributed by atoms with Gasteiger partial charge in [0.25, 0.3) is 0 Å². The predicted molar refractivity (Wildman–Crippen MR) is 98.4 cm³/mol. The van der Waals surface area contributed by atoms with Gasteiger partial charge >= 0.3 is 11.9 Å². The van der Waals surface area contributed by atoms with E-state index in [1.54, 1.807) is 60.7 Å². The van der Waals surface area contributed by atoms with E-state index in [1.807, 2.05) is 19.1 Å². The Morgan fingerprint density at radius 1 is 0.654 bits per heavy atom. The molecule has 3 aromatic carbocycles. The highest BCUT2D eigenvalue weighted by molar-refractivity contribution is 5.92. The molecule has 0 aliphatic carbocycles. The molecular weight excluding hydrogens is 330 g/mol. The first-order chi connectivity index (χ1) is 12.5. The molecule has 0 atom stereocenters. The molecule has 0 aliphatic rings. The van der Waals surface area contributed by atoms with Gasteiger partial charge in [0.2, 0.25) is 0 Å². The molecule has 26 heavy (non-hydrogen) atoms. The van der Waals surface area contributed by atoms with Crippen molar-refractivity contribution in [3.8, 4) is 11.5 Å². The van der Waals surface area contributed by atoms with Crippen molar-refractivity contribution in [3.63, 3.8) is 0 Å². The Hall–Kier alpha value is -3.60. The van der Waals surface area contributed by atoms with Crippen LogP contribution in [0.25, 0.3) is 0 Å². The van der Waals surface area contributed by atoms with Crippen molar-refractivity contribution < 1.29 is 19.1 Å². The maximum atomic E-state index is 12.1.